The van der Waals surface area contributed by atoms with Crippen LogP contribution in [0.5, 0.6) is 5.75 Å². The Labute approximate surface area is 182 Å². The number of aliphatic hydroxyl groups is 1. The Bertz CT molecular complexity index is 773. The largest absolute Gasteiger partial charge is 0.491 e. The first kappa shape index (κ1) is 24.0. The summed E-state index contributed by atoms with van der Waals surface area (Å²) in [5.41, 5.74) is 4.17. The maximum absolute atomic E-state index is 12.5. The summed E-state index contributed by atoms with van der Waals surface area (Å²) in [6.07, 6.45) is 4.59. The number of hydrogen-bond donors (Lipinski definition) is 3. The van der Waals surface area contributed by atoms with E-state index in [0.717, 1.165) is 24.8 Å². The third kappa shape index (κ3) is 6.10. The summed E-state index contributed by atoms with van der Waals surface area (Å²) in [4.78, 5) is 22.8. The van der Waals surface area contributed by atoms with Gasteiger partial charge in [0.05, 0.1) is 12.7 Å². The van der Waals surface area contributed by atoms with Gasteiger partial charge in [0.15, 0.2) is 5.00 Å². The molecule has 1 aliphatic rings. The van der Waals surface area contributed by atoms with Crippen molar-refractivity contribution in [2.45, 2.75) is 44.2 Å². The molecule has 0 bridgehead atoms. The zero-order valence-electron chi connectivity index (χ0n) is 17.6. The number of hydrazine groups is 1. The molecule has 1 heterocycles. The molecule has 30 heavy (non-hydrogen) atoms. The molecule has 0 saturated carbocycles. The first-order valence-electron chi connectivity index (χ1n) is 10.1. The maximum atomic E-state index is 12.5. The minimum absolute atomic E-state index is 0.00306. The van der Waals surface area contributed by atoms with Crippen molar-refractivity contribution >= 4 is 23.5 Å². The standard InChI is InChI=1S/C21H30ClN3O5/c1-4-6-15-12-16(19(27)29-3)7-8-18(15)30-14-17(26)13-23-21(22)9-10-24-25(11-5-2)20(21)28/h7-10,12,17,23-24,26H,4-6,11,13-14H2,1-3H3. The number of ether oxygens (including phenoxy) is 2. The number of rotatable bonds is 11. The van der Waals surface area contributed by atoms with Crippen molar-refractivity contribution in [1.82, 2.24) is 15.8 Å². The minimum atomic E-state index is -1.42. The molecule has 0 saturated heterocycles. The highest BCUT2D eigenvalue weighted by Crippen LogP contribution is 2.23. The summed E-state index contributed by atoms with van der Waals surface area (Å²) in [5, 5.41) is 14.7. The Morgan fingerprint density at radius 3 is 2.80 bits per heavy atom. The Morgan fingerprint density at radius 2 is 2.13 bits per heavy atom. The lowest BCUT2D eigenvalue weighted by Gasteiger charge is -2.35. The summed E-state index contributed by atoms with van der Waals surface area (Å²) in [6.45, 7) is 4.57. The molecule has 2 rings (SSSR count). The van der Waals surface area contributed by atoms with Crippen molar-refractivity contribution in [3.63, 3.8) is 0 Å². The Morgan fingerprint density at radius 1 is 1.37 bits per heavy atom. The van der Waals surface area contributed by atoms with E-state index < -0.39 is 17.1 Å². The van der Waals surface area contributed by atoms with Crippen LogP contribution in [0.25, 0.3) is 0 Å². The number of amides is 1. The van der Waals surface area contributed by atoms with Gasteiger partial charge >= 0.3 is 5.97 Å². The highest BCUT2D eigenvalue weighted by molar-refractivity contribution is 6.36. The molecule has 0 radical (unpaired) electrons. The highest BCUT2D eigenvalue weighted by Gasteiger charge is 2.39. The number of benzene rings is 1. The van der Waals surface area contributed by atoms with E-state index in [-0.39, 0.29) is 19.1 Å². The topological polar surface area (TPSA) is 100 Å². The van der Waals surface area contributed by atoms with Gasteiger partial charge in [-0.05, 0) is 42.7 Å². The van der Waals surface area contributed by atoms with Crippen LogP contribution in [0.15, 0.2) is 30.5 Å². The predicted octanol–water partition coefficient (Wildman–Crippen LogP) is 1.96. The van der Waals surface area contributed by atoms with Crippen LogP contribution >= 0.6 is 11.6 Å². The van der Waals surface area contributed by atoms with Gasteiger partial charge in [0.2, 0.25) is 0 Å². The van der Waals surface area contributed by atoms with E-state index in [1.807, 2.05) is 13.8 Å². The lowest BCUT2D eigenvalue weighted by Crippen LogP contribution is -2.60. The van der Waals surface area contributed by atoms with Crippen LogP contribution < -0.4 is 15.5 Å². The smallest absolute Gasteiger partial charge is 0.337 e. The molecule has 0 spiro atoms. The summed E-state index contributed by atoms with van der Waals surface area (Å²) < 4.78 is 10.5. The van der Waals surface area contributed by atoms with E-state index in [2.05, 4.69) is 10.7 Å². The molecule has 1 aromatic carbocycles. The molecule has 2 atom stereocenters. The average molecular weight is 440 g/mol. The second-order valence-electron chi connectivity index (χ2n) is 7.04. The molecule has 2 unspecified atom stereocenters. The first-order chi connectivity index (χ1) is 14.3. The predicted molar refractivity (Wildman–Crippen MR) is 114 cm³/mol. The fourth-order valence-electron chi connectivity index (χ4n) is 3.03. The van der Waals surface area contributed by atoms with Crippen LogP contribution in [0.1, 0.15) is 42.6 Å². The zero-order valence-corrected chi connectivity index (χ0v) is 18.4. The van der Waals surface area contributed by atoms with Crippen LogP contribution in [0.3, 0.4) is 0 Å². The number of nitrogens with zero attached hydrogens (tertiary/aromatic N) is 1. The van der Waals surface area contributed by atoms with E-state index in [9.17, 15) is 14.7 Å². The second-order valence-corrected chi connectivity index (χ2v) is 7.64. The van der Waals surface area contributed by atoms with Gasteiger partial charge in [0, 0.05) is 19.3 Å². The number of hydrogen-bond acceptors (Lipinski definition) is 7. The molecule has 1 amide bonds. The van der Waals surface area contributed by atoms with Gasteiger partial charge in [-0.25, -0.2) is 4.79 Å². The van der Waals surface area contributed by atoms with Gasteiger partial charge in [-0.15, -0.1) is 0 Å². The van der Waals surface area contributed by atoms with Crippen molar-refractivity contribution in [2.24, 2.45) is 0 Å². The van der Waals surface area contributed by atoms with Crippen LogP contribution in [0.2, 0.25) is 0 Å². The Kier molecular flexibility index (Phi) is 8.95. The molecule has 166 valence electrons. The normalized spacial score (nSPS) is 19.4. The van der Waals surface area contributed by atoms with Crippen molar-refractivity contribution in [3.8, 4) is 5.75 Å². The zero-order chi connectivity index (χ0) is 22.1. The molecule has 0 aliphatic carbocycles. The van der Waals surface area contributed by atoms with Crippen LogP contribution in [-0.2, 0) is 16.0 Å². The molecule has 3 N–H and O–H groups in total. The lowest BCUT2D eigenvalue weighted by molar-refractivity contribution is -0.137. The molecular weight excluding hydrogens is 410 g/mol. The number of aliphatic hydroxyl groups excluding tert-OH is 1. The number of alkyl halides is 1. The summed E-state index contributed by atoms with van der Waals surface area (Å²) >= 11 is 6.42. The number of esters is 1. The Hall–Kier alpha value is -2.29. The van der Waals surface area contributed by atoms with Gasteiger partial charge < -0.3 is 20.0 Å². The van der Waals surface area contributed by atoms with E-state index >= 15 is 0 Å². The van der Waals surface area contributed by atoms with Crippen LogP contribution in [0, 0.1) is 0 Å². The Balaban J connectivity index is 1.95. The van der Waals surface area contributed by atoms with Gasteiger partial charge in [-0.1, -0.05) is 31.9 Å². The summed E-state index contributed by atoms with van der Waals surface area (Å²) in [5.74, 6) is -0.145. The monoisotopic (exact) mass is 439 g/mol. The third-order valence-corrected chi connectivity index (χ3v) is 5.00. The number of nitrogens with one attached hydrogen (secondary N) is 2. The SMILES string of the molecule is CCCc1cc(C(=O)OC)ccc1OCC(O)CNC1(Cl)C=CNN(CCC)C1=O. The first-order valence-corrected chi connectivity index (χ1v) is 10.4. The highest BCUT2D eigenvalue weighted by atomic mass is 35.5. The average Bonchev–Trinajstić information content (AvgIpc) is 2.74. The molecule has 1 aliphatic heterocycles. The fourth-order valence-corrected chi connectivity index (χ4v) is 3.28. The van der Waals surface area contributed by atoms with E-state index in [4.69, 9.17) is 21.1 Å². The van der Waals surface area contributed by atoms with E-state index in [0.29, 0.717) is 17.9 Å². The van der Waals surface area contributed by atoms with Gasteiger partial charge in [0.25, 0.3) is 5.91 Å². The number of methoxy groups -OCH3 is 1. The van der Waals surface area contributed by atoms with Crippen molar-refractivity contribution < 1.29 is 24.2 Å². The van der Waals surface area contributed by atoms with E-state index in [1.54, 1.807) is 24.4 Å². The lowest BCUT2D eigenvalue weighted by atomic mass is 10.1. The second kappa shape index (κ2) is 11.2. The van der Waals surface area contributed by atoms with Gasteiger partial charge in [0.1, 0.15) is 18.5 Å². The van der Waals surface area contributed by atoms with Crippen molar-refractivity contribution in [3.05, 3.63) is 41.6 Å². The van der Waals surface area contributed by atoms with Crippen molar-refractivity contribution in [1.29, 1.82) is 0 Å². The number of carbonyl (C=O) groups excluding carboxylic acids is 2. The molecule has 9 heteroatoms. The number of aryl methyl sites for hydroxylation is 1. The summed E-state index contributed by atoms with van der Waals surface area (Å²) in [6, 6.07) is 5.06. The fraction of sp³-hybridized carbons (Fsp3) is 0.524. The molecule has 8 nitrogen and oxygen atoms in total. The molecule has 0 fully saturated rings. The molecule has 0 aromatic heterocycles. The van der Waals surface area contributed by atoms with Gasteiger partial charge in [-0.2, -0.15) is 0 Å². The van der Waals surface area contributed by atoms with Crippen LogP contribution in [-0.4, -0.2) is 59.9 Å². The van der Waals surface area contributed by atoms with Gasteiger partial charge in [-0.3, -0.25) is 15.1 Å². The maximum Gasteiger partial charge on any atom is 0.337 e. The number of carbonyl (C=O) groups is 2. The van der Waals surface area contributed by atoms with E-state index in [1.165, 1.54) is 18.2 Å². The van der Waals surface area contributed by atoms with Crippen LogP contribution in [0.4, 0.5) is 0 Å². The van der Waals surface area contributed by atoms with Crippen molar-refractivity contribution in [2.75, 3.05) is 26.8 Å². The third-order valence-electron chi connectivity index (χ3n) is 4.57. The minimum Gasteiger partial charge on any atom is -0.491 e. The number of halogens is 1. The molecule has 1 aromatic rings. The summed E-state index contributed by atoms with van der Waals surface area (Å²) in [7, 11) is 1.34. The molecular formula is C21H30ClN3O5. The quantitative estimate of drug-likeness (QED) is 0.275.